The number of methoxy groups -OCH3 is 1. The number of aryl methyl sites for hydroxylation is 2. The number of piperidine rings is 1. The molecule has 4 rings (SSSR count). The SMILES string of the molecule is COc1cc(/C=C2\CCCN(C(C)c3cccc(C)c3)C2=O)ccc1-n1cnc(C)c1. The predicted molar refractivity (Wildman–Crippen MR) is 123 cm³/mol. The Morgan fingerprint density at radius 1 is 1.16 bits per heavy atom. The molecule has 1 amide bonds. The van der Waals surface area contributed by atoms with Crippen LogP contribution in [0.15, 0.2) is 60.6 Å². The summed E-state index contributed by atoms with van der Waals surface area (Å²) in [5, 5.41) is 0. The van der Waals surface area contributed by atoms with Crippen molar-refractivity contribution in [3.8, 4) is 11.4 Å². The molecule has 2 aromatic carbocycles. The predicted octanol–water partition coefficient (Wildman–Crippen LogP) is 5.26. The van der Waals surface area contributed by atoms with Crippen LogP contribution in [-0.2, 0) is 4.79 Å². The third-order valence-electron chi connectivity index (χ3n) is 5.91. The Balaban J connectivity index is 1.60. The Bertz CT molecular complexity index is 1130. The highest BCUT2D eigenvalue weighted by molar-refractivity contribution is 5.98. The van der Waals surface area contributed by atoms with E-state index in [1.165, 1.54) is 11.1 Å². The highest BCUT2D eigenvalue weighted by Gasteiger charge is 2.28. The first-order valence-electron chi connectivity index (χ1n) is 10.7. The van der Waals surface area contributed by atoms with Crippen LogP contribution in [0, 0.1) is 13.8 Å². The van der Waals surface area contributed by atoms with Gasteiger partial charge in [0, 0.05) is 18.3 Å². The van der Waals surface area contributed by atoms with E-state index in [4.69, 9.17) is 4.74 Å². The smallest absolute Gasteiger partial charge is 0.250 e. The second-order valence-electron chi connectivity index (χ2n) is 8.22. The molecule has 1 fully saturated rings. The van der Waals surface area contributed by atoms with E-state index in [0.717, 1.165) is 47.7 Å². The molecule has 1 aromatic heterocycles. The molecule has 0 saturated carbocycles. The van der Waals surface area contributed by atoms with Crippen molar-refractivity contribution in [2.75, 3.05) is 13.7 Å². The number of carbonyl (C=O) groups excluding carboxylic acids is 1. The number of rotatable bonds is 5. The van der Waals surface area contributed by atoms with Gasteiger partial charge in [-0.05, 0) is 62.9 Å². The molecule has 1 aliphatic rings. The number of aromatic nitrogens is 2. The standard InChI is InChI=1S/C26H29N3O2/c1-18-7-5-8-22(13-18)20(3)29-12-6-9-23(26(29)30)14-21-10-11-24(25(15-21)31-4)28-16-19(2)27-17-28/h5,7-8,10-11,13-17,20H,6,9,12H2,1-4H3/b23-14+. The second-order valence-corrected chi connectivity index (χ2v) is 8.22. The third kappa shape index (κ3) is 4.41. The molecule has 5 nitrogen and oxygen atoms in total. The zero-order valence-corrected chi connectivity index (χ0v) is 18.6. The third-order valence-corrected chi connectivity index (χ3v) is 5.91. The maximum atomic E-state index is 13.3. The first-order valence-corrected chi connectivity index (χ1v) is 10.7. The van der Waals surface area contributed by atoms with Crippen molar-refractivity contribution in [2.24, 2.45) is 0 Å². The highest BCUT2D eigenvalue weighted by Crippen LogP contribution is 2.30. The van der Waals surface area contributed by atoms with Crippen molar-refractivity contribution < 1.29 is 9.53 Å². The van der Waals surface area contributed by atoms with Crippen molar-refractivity contribution in [3.63, 3.8) is 0 Å². The monoisotopic (exact) mass is 415 g/mol. The second kappa shape index (κ2) is 8.80. The van der Waals surface area contributed by atoms with Crippen molar-refractivity contribution in [2.45, 2.75) is 39.7 Å². The molecule has 5 heteroatoms. The minimum atomic E-state index is 0.0532. The Kier molecular flexibility index (Phi) is 5.94. The number of nitrogens with zero attached hydrogens (tertiary/aromatic N) is 3. The molecule has 1 atom stereocenters. The van der Waals surface area contributed by atoms with Crippen molar-refractivity contribution >= 4 is 12.0 Å². The van der Waals surface area contributed by atoms with E-state index >= 15 is 0 Å². The number of ether oxygens (including phenoxy) is 1. The van der Waals surface area contributed by atoms with Gasteiger partial charge in [-0.3, -0.25) is 4.79 Å². The quantitative estimate of drug-likeness (QED) is 0.534. The van der Waals surface area contributed by atoms with E-state index in [9.17, 15) is 4.79 Å². The molecule has 0 bridgehead atoms. The van der Waals surface area contributed by atoms with Crippen molar-refractivity contribution in [3.05, 3.63) is 82.9 Å². The van der Waals surface area contributed by atoms with Crippen molar-refractivity contribution in [1.82, 2.24) is 14.5 Å². The van der Waals surface area contributed by atoms with Crippen LogP contribution in [0.25, 0.3) is 11.8 Å². The summed E-state index contributed by atoms with van der Waals surface area (Å²) in [5.41, 5.74) is 6.07. The van der Waals surface area contributed by atoms with Gasteiger partial charge in [0.25, 0.3) is 0 Å². The number of carbonyl (C=O) groups is 1. The molecule has 0 radical (unpaired) electrons. The Hall–Kier alpha value is -3.34. The maximum Gasteiger partial charge on any atom is 0.250 e. The fraction of sp³-hybridized carbons (Fsp3) is 0.308. The lowest BCUT2D eigenvalue weighted by Gasteiger charge is -2.34. The van der Waals surface area contributed by atoms with Crippen LogP contribution in [0.4, 0.5) is 0 Å². The van der Waals surface area contributed by atoms with Gasteiger partial charge >= 0.3 is 0 Å². The van der Waals surface area contributed by atoms with Crippen LogP contribution in [0.5, 0.6) is 5.75 Å². The molecule has 160 valence electrons. The van der Waals surface area contributed by atoms with E-state index in [2.05, 4.69) is 43.1 Å². The van der Waals surface area contributed by atoms with Gasteiger partial charge in [-0.2, -0.15) is 0 Å². The highest BCUT2D eigenvalue weighted by atomic mass is 16.5. The summed E-state index contributed by atoms with van der Waals surface area (Å²) in [6, 6.07) is 14.5. The van der Waals surface area contributed by atoms with Gasteiger partial charge in [0.05, 0.1) is 30.9 Å². The Morgan fingerprint density at radius 2 is 2.00 bits per heavy atom. The first-order chi connectivity index (χ1) is 15.0. The summed E-state index contributed by atoms with van der Waals surface area (Å²) >= 11 is 0. The molecular formula is C26H29N3O2. The normalized spacial score (nSPS) is 16.6. The number of amides is 1. The molecule has 31 heavy (non-hydrogen) atoms. The largest absolute Gasteiger partial charge is 0.495 e. The van der Waals surface area contributed by atoms with Gasteiger partial charge in [0.2, 0.25) is 5.91 Å². The number of hydrogen-bond acceptors (Lipinski definition) is 3. The average molecular weight is 416 g/mol. The van der Waals surface area contributed by atoms with Gasteiger partial charge in [0.1, 0.15) is 5.75 Å². The lowest BCUT2D eigenvalue weighted by Crippen LogP contribution is -2.38. The summed E-state index contributed by atoms with van der Waals surface area (Å²) in [6.45, 7) is 6.94. The van der Waals surface area contributed by atoms with Gasteiger partial charge in [0.15, 0.2) is 0 Å². The van der Waals surface area contributed by atoms with Crippen LogP contribution >= 0.6 is 0 Å². The van der Waals surface area contributed by atoms with Crippen LogP contribution in [0.3, 0.4) is 0 Å². The number of hydrogen-bond donors (Lipinski definition) is 0. The molecule has 0 spiro atoms. The molecule has 1 saturated heterocycles. The Labute approximate surface area is 184 Å². The lowest BCUT2D eigenvalue weighted by molar-refractivity contribution is -0.130. The number of imidazole rings is 1. The molecule has 1 aliphatic heterocycles. The van der Waals surface area contributed by atoms with E-state index in [-0.39, 0.29) is 11.9 Å². The Morgan fingerprint density at radius 3 is 2.71 bits per heavy atom. The van der Waals surface area contributed by atoms with Crippen LogP contribution in [0.1, 0.15) is 48.2 Å². The summed E-state index contributed by atoms with van der Waals surface area (Å²) in [6.07, 6.45) is 7.51. The zero-order chi connectivity index (χ0) is 22.0. The minimum Gasteiger partial charge on any atom is -0.495 e. The average Bonchev–Trinajstić information content (AvgIpc) is 3.20. The van der Waals surface area contributed by atoms with Gasteiger partial charge in [-0.1, -0.05) is 35.9 Å². The van der Waals surface area contributed by atoms with Crippen LogP contribution < -0.4 is 4.74 Å². The number of likely N-dealkylation sites (tertiary alicyclic amines) is 1. The number of benzene rings is 2. The van der Waals surface area contributed by atoms with Crippen LogP contribution in [-0.4, -0.2) is 34.0 Å². The van der Waals surface area contributed by atoms with Gasteiger partial charge in [-0.15, -0.1) is 0 Å². The van der Waals surface area contributed by atoms with E-state index in [1.807, 2.05) is 46.9 Å². The van der Waals surface area contributed by atoms with E-state index in [1.54, 1.807) is 13.4 Å². The zero-order valence-electron chi connectivity index (χ0n) is 18.6. The molecular weight excluding hydrogens is 386 g/mol. The molecule has 2 heterocycles. The first kappa shape index (κ1) is 20.9. The minimum absolute atomic E-state index is 0.0532. The molecule has 0 N–H and O–H groups in total. The molecule has 3 aromatic rings. The summed E-state index contributed by atoms with van der Waals surface area (Å²) in [4.78, 5) is 19.6. The summed E-state index contributed by atoms with van der Waals surface area (Å²) in [5.74, 6) is 0.869. The fourth-order valence-corrected chi connectivity index (χ4v) is 4.20. The van der Waals surface area contributed by atoms with E-state index in [0.29, 0.717) is 0 Å². The van der Waals surface area contributed by atoms with Gasteiger partial charge in [-0.25, -0.2) is 4.98 Å². The topological polar surface area (TPSA) is 47.4 Å². The molecule has 1 unspecified atom stereocenters. The van der Waals surface area contributed by atoms with E-state index < -0.39 is 0 Å². The van der Waals surface area contributed by atoms with Crippen molar-refractivity contribution in [1.29, 1.82) is 0 Å². The lowest BCUT2D eigenvalue weighted by atomic mass is 9.97. The van der Waals surface area contributed by atoms with Crippen LogP contribution in [0.2, 0.25) is 0 Å². The maximum absolute atomic E-state index is 13.3. The molecule has 0 aliphatic carbocycles. The van der Waals surface area contributed by atoms with Gasteiger partial charge < -0.3 is 14.2 Å². The summed E-state index contributed by atoms with van der Waals surface area (Å²) in [7, 11) is 1.66. The summed E-state index contributed by atoms with van der Waals surface area (Å²) < 4.78 is 7.57. The fourth-order valence-electron chi connectivity index (χ4n) is 4.20.